The van der Waals surface area contributed by atoms with E-state index in [2.05, 4.69) is 27.8 Å². The van der Waals surface area contributed by atoms with Gasteiger partial charge in [0.25, 0.3) is 5.91 Å². The predicted molar refractivity (Wildman–Crippen MR) is 146 cm³/mol. The highest BCUT2D eigenvalue weighted by molar-refractivity contribution is 6.30. The molecule has 0 aromatic heterocycles. The molecule has 0 unspecified atom stereocenters. The van der Waals surface area contributed by atoms with Gasteiger partial charge in [-0.05, 0) is 73.2 Å². The molecule has 0 spiro atoms. The average Bonchev–Trinajstić information content (AvgIpc) is 2.91. The largest absolute Gasteiger partial charge is 0.391 e. The second kappa shape index (κ2) is 14.1. The summed E-state index contributed by atoms with van der Waals surface area (Å²) in [4.78, 5) is 36.3. The molecule has 0 saturated heterocycles. The Morgan fingerprint density at radius 2 is 1.58 bits per heavy atom. The standard InChI is InChI=1S/C29H28ClN3O5/c1-19(35)28(26(36)18-34)33-29(38)23-11-7-20(8-12-23)5-6-21-9-13-25(14-10-21)32-27(37)17-31-16-22-3-2-4-24(30)15-22/h2-4,7-15,19,28,31,34-35H,16-18H2,1H3,(H,32,37)(H,33,38)/t19-,28+/m1/s1. The fourth-order valence-electron chi connectivity index (χ4n) is 3.45. The zero-order chi connectivity index (χ0) is 27.5. The van der Waals surface area contributed by atoms with Gasteiger partial charge >= 0.3 is 0 Å². The number of ketones is 1. The van der Waals surface area contributed by atoms with E-state index in [-0.39, 0.29) is 18.0 Å². The lowest BCUT2D eigenvalue weighted by Gasteiger charge is -2.19. The van der Waals surface area contributed by atoms with E-state index in [1.54, 1.807) is 54.6 Å². The van der Waals surface area contributed by atoms with Crippen molar-refractivity contribution >= 4 is 34.9 Å². The zero-order valence-corrected chi connectivity index (χ0v) is 21.5. The highest BCUT2D eigenvalue weighted by Gasteiger charge is 2.25. The SMILES string of the molecule is C[C@@H](O)[C@H](NC(=O)c1ccc(C#Cc2ccc(NC(=O)CNCc3cccc(Cl)c3)cc2)cc1)C(=O)CO. The molecule has 0 saturated carbocycles. The van der Waals surface area contributed by atoms with Crippen LogP contribution in [-0.4, -0.2) is 53.1 Å². The number of hydrogen-bond acceptors (Lipinski definition) is 6. The van der Waals surface area contributed by atoms with Crippen molar-refractivity contribution in [3.8, 4) is 11.8 Å². The molecule has 3 aromatic rings. The number of aliphatic hydroxyl groups excluding tert-OH is 2. The van der Waals surface area contributed by atoms with Crippen LogP contribution in [0, 0.1) is 11.8 Å². The third kappa shape index (κ3) is 8.83. The molecule has 0 aliphatic rings. The summed E-state index contributed by atoms with van der Waals surface area (Å²) in [5, 5.41) is 27.7. The van der Waals surface area contributed by atoms with Crippen molar-refractivity contribution in [2.24, 2.45) is 0 Å². The van der Waals surface area contributed by atoms with Gasteiger partial charge in [0.2, 0.25) is 5.91 Å². The first kappa shape index (κ1) is 28.6. The number of rotatable bonds is 10. The van der Waals surface area contributed by atoms with Crippen LogP contribution in [0.2, 0.25) is 5.02 Å². The van der Waals surface area contributed by atoms with E-state index in [1.165, 1.54) is 6.92 Å². The van der Waals surface area contributed by atoms with Gasteiger partial charge in [-0.15, -0.1) is 0 Å². The molecular formula is C29H28ClN3O5. The van der Waals surface area contributed by atoms with Gasteiger partial charge in [-0.25, -0.2) is 0 Å². The van der Waals surface area contributed by atoms with Crippen LogP contribution in [0.15, 0.2) is 72.8 Å². The van der Waals surface area contributed by atoms with E-state index in [0.717, 1.165) is 11.1 Å². The molecule has 0 radical (unpaired) electrons. The van der Waals surface area contributed by atoms with Crippen LogP contribution in [0.4, 0.5) is 5.69 Å². The molecule has 2 amide bonds. The van der Waals surface area contributed by atoms with Crippen LogP contribution in [-0.2, 0) is 16.1 Å². The van der Waals surface area contributed by atoms with Crippen molar-refractivity contribution in [3.05, 3.63) is 100 Å². The number of aliphatic hydroxyl groups is 2. The number of carbonyl (C=O) groups is 3. The van der Waals surface area contributed by atoms with Crippen LogP contribution in [0.25, 0.3) is 0 Å². The lowest BCUT2D eigenvalue weighted by molar-refractivity contribution is -0.125. The lowest BCUT2D eigenvalue weighted by Crippen LogP contribution is -2.48. The molecule has 3 rings (SSSR count). The van der Waals surface area contributed by atoms with E-state index >= 15 is 0 Å². The number of anilines is 1. The minimum Gasteiger partial charge on any atom is -0.391 e. The number of nitrogens with one attached hydrogen (secondary N) is 3. The molecule has 0 bridgehead atoms. The number of amides is 2. The molecule has 0 aliphatic carbocycles. The van der Waals surface area contributed by atoms with E-state index in [4.69, 9.17) is 16.7 Å². The van der Waals surface area contributed by atoms with Crippen molar-refractivity contribution in [3.63, 3.8) is 0 Å². The molecule has 0 fully saturated rings. The Balaban J connectivity index is 1.50. The number of benzene rings is 3. The molecule has 3 aromatic carbocycles. The summed E-state index contributed by atoms with van der Waals surface area (Å²) in [6.07, 6.45) is -1.14. The summed E-state index contributed by atoms with van der Waals surface area (Å²) in [6, 6.07) is 19.8. The van der Waals surface area contributed by atoms with Crippen molar-refractivity contribution < 1.29 is 24.6 Å². The molecule has 196 valence electrons. The monoisotopic (exact) mass is 533 g/mol. The number of Topliss-reactive ketones (excluding diaryl/α,β-unsaturated/α-hetero) is 1. The molecular weight excluding hydrogens is 506 g/mol. The topological polar surface area (TPSA) is 128 Å². The highest BCUT2D eigenvalue weighted by Crippen LogP contribution is 2.11. The van der Waals surface area contributed by atoms with Crippen LogP contribution in [0.1, 0.15) is 34.0 Å². The maximum atomic E-state index is 12.4. The number of halogens is 1. The molecule has 0 heterocycles. The Kier molecular flexibility index (Phi) is 10.6. The van der Waals surface area contributed by atoms with Gasteiger partial charge in [0.05, 0.1) is 12.6 Å². The summed E-state index contributed by atoms with van der Waals surface area (Å²) in [5.41, 5.74) is 3.34. The second-order valence-corrected chi connectivity index (χ2v) is 8.94. The molecule has 2 atom stereocenters. The summed E-state index contributed by atoms with van der Waals surface area (Å²) < 4.78 is 0. The smallest absolute Gasteiger partial charge is 0.251 e. The Bertz CT molecular complexity index is 1330. The lowest BCUT2D eigenvalue weighted by atomic mass is 10.1. The van der Waals surface area contributed by atoms with E-state index in [9.17, 15) is 19.5 Å². The maximum Gasteiger partial charge on any atom is 0.251 e. The van der Waals surface area contributed by atoms with E-state index in [1.807, 2.05) is 18.2 Å². The normalized spacial score (nSPS) is 12.0. The first-order valence-electron chi connectivity index (χ1n) is 11.8. The van der Waals surface area contributed by atoms with Gasteiger partial charge in [-0.1, -0.05) is 35.6 Å². The summed E-state index contributed by atoms with van der Waals surface area (Å²) in [7, 11) is 0. The number of hydrogen-bond donors (Lipinski definition) is 5. The number of carbonyl (C=O) groups excluding carboxylic acids is 3. The van der Waals surface area contributed by atoms with Gasteiger partial charge in [-0.3, -0.25) is 14.4 Å². The van der Waals surface area contributed by atoms with Crippen molar-refractivity contribution in [2.75, 3.05) is 18.5 Å². The highest BCUT2D eigenvalue weighted by atomic mass is 35.5. The van der Waals surface area contributed by atoms with Crippen molar-refractivity contribution in [1.82, 2.24) is 10.6 Å². The fraction of sp³-hybridized carbons (Fsp3) is 0.207. The molecule has 0 aliphatic heterocycles. The zero-order valence-electron chi connectivity index (χ0n) is 20.7. The third-order valence-electron chi connectivity index (χ3n) is 5.44. The second-order valence-electron chi connectivity index (χ2n) is 8.50. The van der Waals surface area contributed by atoms with Crippen LogP contribution in [0.5, 0.6) is 0 Å². The first-order chi connectivity index (χ1) is 18.2. The van der Waals surface area contributed by atoms with Crippen LogP contribution >= 0.6 is 11.6 Å². The van der Waals surface area contributed by atoms with Gasteiger partial charge in [0.1, 0.15) is 12.6 Å². The summed E-state index contributed by atoms with van der Waals surface area (Å²) in [6.45, 7) is 1.26. The van der Waals surface area contributed by atoms with Crippen molar-refractivity contribution in [1.29, 1.82) is 0 Å². The molecule has 5 N–H and O–H groups in total. The van der Waals surface area contributed by atoms with E-state index < -0.39 is 30.4 Å². The van der Waals surface area contributed by atoms with Gasteiger partial charge in [0.15, 0.2) is 5.78 Å². The van der Waals surface area contributed by atoms with Crippen LogP contribution in [0.3, 0.4) is 0 Å². The van der Waals surface area contributed by atoms with Gasteiger partial charge in [-0.2, -0.15) is 0 Å². The summed E-state index contributed by atoms with van der Waals surface area (Å²) in [5.74, 6) is 4.64. The molecule has 9 heteroatoms. The summed E-state index contributed by atoms with van der Waals surface area (Å²) >= 11 is 5.96. The minimum absolute atomic E-state index is 0.152. The maximum absolute atomic E-state index is 12.4. The van der Waals surface area contributed by atoms with E-state index in [0.29, 0.717) is 22.8 Å². The Labute approximate surface area is 226 Å². The molecule has 38 heavy (non-hydrogen) atoms. The van der Waals surface area contributed by atoms with Crippen LogP contribution < -0.4 is 16.0 Å². The average molecular weight is 534 g/mol. The first-order valence-corrected chi connectivity index (χ1v) is 12.2. The molecule has 8 nitrogen and oxygen atoms in total. The predicted octanol–water partition coefficient (Wildman–Crippen LogP) is 2.51. The Morgan fingerprint density at radius 3 is 2.16 bits per heavy atom. The van der Waals surface area contributed by atoms with Crippen molar-refractivity contribution in [2.45, 2.75) is 25.6 Å². The fourth-order valence-corrected chi connectivity index (χ4v) is 3.66. The quantitative estimate of drug-likeness (QED) is 0.255. The minimum atomic E-state index is -1.19. The third-order valence-corrected chi connectivity index (χ3v) is 5.68. The van der Waals surface area contributed by atoms with Gasteiger partial charge < -0.3 is 26.2 Å². The Morgan fingerprint density at radius 1 is 0.947 bits per heavy atom. The van der Waals surface area contributed by atoms with Gasteiger partial charge in [0, 0.05) is 33.9 Å². The Hall–Kier alpha value is -4.00.